The summed E-state index contributed by atoms with van der Waals surface area (Å²) < 4.78 is 0. The number of rotatable bonds is 3. The minimum atomic E-state index is -0.675. The van der Waals surface area contributed by atoms with Gasteiger partial charge in [-0.05, 0) is 31.4 Å². The van der Waals surface area contributed by atoms with Gasteiger partial charge in [0.2, 0.25) is 5.75 Å². The molecule has 0 unspecified atom stereocenters. The highest BCUT2D eigenvalue weighted by Crippen LogP contribution is 2.38. The second-order valence-corrected chi connectivity index (χ2v) is 4.08. The van der Waals surface area contributed by atoms with Gasteiger partial charge in [0, 0.05) is 12.0 Å². The summed E-state index contributed by atoms with van der Waals surface area (Å²) in [7, 11) is 0. The predicted octanol–water partition coefficient (Wildman–Crippen LogP) is 2.20. The summed E-state index contributed by atoms with van der Waals surface area (Å²) >= 11 is 0. The molecule has 84 valence electrons. The first kappa shape index (κ1) is 10.6. The number of carbonyl (C=O) groups excluding carboxylic acids is 1. The molecule has 5 heteroatoms. The molecule has 1 aliphatic rings. The standard InChI is InChI=1S/C11H11NO4/c1-6-4-8(10(13)7-2-3-7)11(14)9(5-6)12(15)16/h4-5,7,14H,2-3H2,1H3. The second kappa shape index (κ2) is 3.59. The van der Waals surface area contributed by atoms with Crippen LogP contribution in [0.15, 0.2) is 12.1 Å². The van der Waals surface area contributed by atoms with E-state index in [0.29, 0.717) is 5.56 Å². The fourth-order valence-corrected chi connectivity index (χ4v) is 1.65. The number of Topliss-reactive ketones (excluding diaryl/α,β-unsaturated/α-hetero) is 1. The van der Waals surface area contributed by atoms with Gasteiger partial charge in [-0.3, -0.25) is 14.9 Å². The molecule has 0 heterocycles. The predicted molar refractivity (Wildman–Crippen MR) is 56.6 cm³/mol. The maximum atomic E-state index is 11.8. The van der Waals surface area contributed by atoms with Crippen LogP contribution < -0.4 is 0 Å². The van der Waals surface area contributed by atoms with E-state index in [4.69, 9.17) is 0 Å². The number of phenolic OH excluding ortho intramolecular Hbond substituents is 1. The SMILES string of the molecule is Cc1cc(C(=O)C2CC2)c(O)c([N+](=O)[O-])c1. The quantitative estimate of drug-likeness (QED) is 0.482. The van der Waals surface area contributed by atoms with Gasteiger partial charge in [-0.15, -0.1) is 0 Å². The summed E-state index contributed by atoms with van der Waals surface area (Å²) in [6.45, 7) is 1.66. The van der Waals surface area contributed by atoms with E-state index < -0.39 is 16.4 Å². The van der Waals surface area contributed by atoms with Crippen molar-refractivity contribution in [1.29, 1.82) is 0 Å². The fraction of sp³-hybridized carbons (Fsp3) is 0.364. The molecular formula is C11H11NO4. The Bertz CT molecular complexity index is 477. The van der Waals surface area contributed by atoms with Crippen LogP contribution in [0.5, 0.6) is 5.75 Å². The lowest BCUT2D eigenvalue weighted by Gasteiger charge is -2.04. The van der Waals surface area contributed by atoms with E-state index in [9.17, 15) is 20.0 Å². The van der Waals surface area contributed by atoms with E-state index in [1.165, 1.54) is 12.1 Å². The van der Waals surface area contributed by atoms with Crippen LogP contribution >= 0.6 is 0 Å². The van der Waals surface area contributed by atoms with Crippen LogP contribution in [0.3, 0.4) is 0 Å². The van der Waals surface area contributed by atoms with E-state index in [1.807, 2.05) is 0 Å². The number of hydrogen-bond donors (Lipinski definition) is 1. The van der Waals surface area contributed by atoms with Crippen molar-refractivity contribution in [3.05, 3.63) is 33.4 Å². The monoisotopic (exact) mass is 221 g/mol. The third-order valence-corrected chi connectivity index (χ3v) is 2.64. The first-order valence-corrected chi connectivity index (χ1v) is 5.03. The number of carbonyl (C=O) groups is 1. The van der Waals surface area contributed by atoms with E-state index in [0.717, 1.165) is 12.8 Å². The number of ketones is 1. The van der Waals surface area contributed by atoms with Crippen molar-refractivity contribution >= 4 is 11.5 Å². The number of benzene rings is 1. The zero-order chi connectivity index (χ0) is 11.9. The van der Waals surface area contributed by atoms with Crippen molar-refractivity contribution in [3.8, 4) is 5.75 Å². The topological polar surface area (TPSA) is 80.4 Å². The molecule has 1 N–H and O–H groups in total. The fourth-order valence-electron chi connectivity index (χ4n) is 1.65. The Morgan fingerprint density at radius 3 is 2.62 bits per heavy atom. The number of nitro benzene ring substituents is 1. The minimum absolute atomic E-state index is 0.0627. The first-order chi connectivity index (χ1) is 7.50. The zero-order valence-electron chi connectivity index (χ0n) is 8.77. The average molecular weight is 221 g/mol. The third kappa shape index (κ3) is 1.76. The van der Waals surface area contributed by atoms with Crippen LogP contribution in [0.4, 0.5) is 5.69 Å². The molecule has 0 atom stereocenters. The lowest BCUT2D eigenvalue weighted by Crippen LogP contribution is -2.04. The largest absolute Gasteiger partial charge is 0.502 e. The Kier molecular flexibility index (Phi) is 2.38. The van der Waals surface area contributed by atoms with Gasteiger partial charge in [0.05, 0.1) is 10.5 Å². The van der Waals surface area contributed by atoms with Gasteiger partial charge in [-0.1, -0.05) is 0 Å². The highest BCUT2D eigenvalue weighted by Gasteiger charge is 2.34. The summed E-state index contributed by atoms with van der Waals surface area (Å²) in [6.07, 6.45) is 1.61. The Labute approximate surface area is 91.9 Å². The molecule has 1 fully saturated rings. The Hall–Kier alpha value is -1.91. The maximum absolute atomic E-state index is 11.8. The van der Waals surface area contributed by atoms with Crippen LogP contribution in [-0.4, -0.2) is 15.8 Å². The van der Waals surface area contributed by atoms with E-state index in [-0.39, 0.29) is 17.3 Å². The number of aromatic hydroxyl groups is 1. The lowest BCUT2D eigenvalue weighted by atomic mass is 10.0. The summed E-state index contributed by atoms with van der Waals surface area (Å²) in [4.78, 5) is 21.8. The Balaban J connectivity index is 2.51. The van der Waals surface area contributed by atoms with Crippen LogP contribution in [0, 0.1) is 23.0 Å². The van der Waals surface area contributed by atoms with Crippen molar-refractivity contribution < 1.29 is 14.8 Å². The average Bonchev–Trinajstić information content (AvgIpc) is 3.03. The normalized spacial score (nSPS) is 14.8. The molecule has 1 aliphatic carbocycles. The molecule has 0 radical (unpaired) electrons. The van der Waals surface area contributed by atoms with Crippen molar-refractivity contribution in [2.24, 2.45) is 5.92 Å². The number of phenols is 1. The molecule has 0 spiro atoms. The van der Waals surface area contributed by atoms with E-state index in [2.05, 4.69) is 0 Å². The molecule has 0 saturated heterocycles. The summed E-state index contributed by atoms with van der Waals surface area (Å²) in [5.74, 6) is -0.760. The second-order valence-electron chi connectivity index (χ2n) is 4.08. The molecule has 0 aromatic heterocycles. The minimum Gasteiger partial charge on any atom is -0.502 e. The molecule has 0 amide bonds. The van der Waals surface area contributed by atoms with E-state index >= 15 is 0 Å². The molecule has 16 heavy (non-hydrogen) atoms. The number of aryl methyl sites for hydroxylation is 1. The van der Waals surface area contributed by atoms with Crippen molar-refractivity contribution in [1.82, 2.24) is 0 Å². The summed E-state index contributed by atoms with van der Waals surface area (Å²) in [6, 6.07) is 2.77. The number of nitro groups is 1. The van der Waals surface area contributed by atoms with Crippen molar-refractivity contribution in [3.63, 3.8) is 0 Å². The molecule has 1 aromatic carbocycles. The summed E-state index contributed by atoms with van der Waals surface area (Å²) in [5, 5.41) is 20.3. The highest BCUT2D eigenvalue weighted by molar-refractivity contribution is 6.02. The van der Waals surface area contributed by atoms with Gasteiger partial charge in [-0.25, -0.2) is 0 Å². The van der Waals surface area contributed by atoms with Gasteiger partial charge in [0.25, 0.3) is 0 Å². The lowest BCUT2D eigenvalue weighted by molar-refractivity contribution is -0.385. The highest BCUT2D eigenvalue weighted by atomic mass is 16.6. The smallest absolute Gasteiger partial charge is 0.311 e. The van der Waals surface area contributed by atoms with Gasteiger partial charge in [0.15, 0.2) is 5.78 Å². The number of hydrogen-bond acceptors (Lipinski definition) is 4. The Morgan fingerprint density at radius 1 is 1.50 bits per heavy atom. The maximum Gasteiger partial charge on any atom is 0.311 e. The third-order valence-electron chi connectivity index (χ3n) is 2.64. The van der Waals surface area contributed by atoms with Crippen LogP contribution in [0.1, 0.15) is 28.8 Å². The van der Waals surface area contributed by atoms with Crippen molar-refractivity contribution in [2.75, 3.05) is 0 Å². The zero-order valence-corrected chi connectivity index (χ0v) is 8.77. The van der Waals surface area contributed by atoms with Gasteiger partial charge in [-0.2, -0.15) is 0 Å². The first-order valence-electron chi connectivity index (χ1n) is 5.03. The van der Waals surface area contributed by atoms with Gasteiger partial charge < -0.3 is 5.11 Å². The molecule has 0 bridgehead atoms. The molecule has 5 nitrogen and oxygen atoms in total. The molecule has 2 rings (SSSR count). The van der Waals surface area contributed by atoms with Crippen LogP contribution in [-0.2, 0) is 0 Å². The van der Waals surface area contributed by atoms with Crippen LogP contribution in [0.25, 0.3) is 0 Å². The molecule has 1 saturated carbocycles. The number of nitrogens with zero attached hydrogens (tertiary/aromatic N) is 1. The van der Waals surface area contributed by atoms with Gasteiger partial charge in [0.1, 0.15) is 0 Å². The molecular weight excluding hydrogens is 210 g/mol. The molecule has 0 aliphatic heterocycles. The Morgan fingerprint density at radius 2 is 2.12 bits per heavy atom. The van der Waals surface area contributed by atoms with Gasteiger partial charge >= 0.3 is 5.69 Å². The van der Waals surface area contributed by atoms with Crippen molar-refractivity contribution in [2.45, 2.75) is 19.8 Å². The van der Waals surface area contributed by atoms with Crippen LogP contribution in [0.2, 0.25) is 0 Å². The van der Waals surface area contributed by atoms with E-state index in [1.54, 1.807) is 6.92 Å². The summed E-state index contributed by atoms with van der Waals surface area (Å²) in [5.41, 5.74) is 0.284. The molecule has 1 aromatic rings.